The number of aromatic nitrogens is 2. The smallest absolute Gasteiger partial charge is 0 e. The minimum atomic E-state index is -1.80. The van der Waals surface area contributed by atoms with Crippen molar-refractivity contribution >= 4 is 62.4 Å². The Hall–Kier alpha value is -3.19. The first-order chi connectivity index (χ1) is 23.2. The zero-order chi connectivity index (χ0) is 35.0. The van der Waals surface area contributed by atoms with Crippen molar-refractivity contribution in [3.8, 4) is 33.6 Å². The van der Waals surface area contributed by atoms with Crippen molar-refractivity contribution in [1.82, 2.24) is 9.97 Å². The summed E-state index contributed by atoms with van der Waals surface area (Å²) in [5.74, 6) is 6.64. The molecule has 3 aromatic heterocycles. The van der Waals surface area contributed by atoms with E-state index < -0.39 is 27.2 Å². The van der Waals surface area contributed by atoms with E-state index in [2.05, 4.69) is 120 Å². The van der Waals surface area contributed by atoms with E-state index in [0.717, 1.165) is 28.1 Å². The van der Waals surface area contributed by atoms with Crippen LogP contribution in [0.5, 0.6) is 0 Å². The summed E-state index contributed by atoms with van der Waals surface area (Å²) < 4.78 is 12.4. The fraction of sp³-hybridized carbons (Fsp3) is 0.209. The van der Waals surface area contributed by atoms with Crippen molar-refractivity contribution in [3.05, 3.63) is 133 Å². The molecule has 7 rings (SSSR count). The molecule has 0 amide bonds. The van der Waals surface area contributed by atoms with E-state index in [1.54, 1.807) is 11.3 Å². The average Bonchev–Trinajstić information content (AvgIpc) is 3.46. The quantitative estimate of drug-likeness (QED) is 0.123. The Balaban J connectivity index is 0.000000241. The number of fused-ring (bicyclic) bond motifs is 3. The van der Waals surface area contributed by atoms with Crippen LogP contribution in [0.3, 0.4) is 0 Å². The van der Waals surface area contributed by atoms with Gasteiger partial charge in [0.1, 0.15) is 0 Å². The number of rotatable bonds is 6. The first-order valence-electron chi connectivity index (χ1n) is 17.1. The summed E-state index contributed by atoms with van der Waals surface area (Å²) in [4.78, 5) is 9.15. The van der Waals surface area contributed by atoms with Gasteiger partial charge < -0.3 is 4.98 Å². The van der Waals surface area contributed by atoms with Gasteiger partial charge in [-0.2, -0.15) is 0 Å². The van der Waals surface area contributed by atoms with Gasteiger partial charge in [-0.25, -0.2) is 0 Å². The fourth-order valence-corrected chi connectivity index (χ4v) is 10.4. The molecule has 0 unspecified atom stereocenters. The van der Waals surface area contributed by atoms with Crippen molar-refractivity contribution in [2.75, 3.05) is 0 Å². The predicted octanol–water partition coefficient (Wildman–Crippen LogP) is 11.3. The molecule has 0 atom stereocenters. The van der Waals surface area contributed by atoms with Gasteiger partial charge in [-0.1, -0.05) is 51.2 Å². The summed E-state index contributed by atoms with van der Waals surface area (Å²) in [6, 6.07) is 43.0. The first-order valence-corrected chi connectivity index (χ1v) is 28.2. The normalized spacial score (nSPS) is 12.2. The van der Waals surface area contributed by atoms with Gasteiger partial charge in [-0.3, -0.25) is 0 Å². The van der Waals surface area contributed by atoms with Crippen LogP contribution in [-0.2, 0) is 20.1 Å². The molecular formula is C43H44GeIrN2SSi-2. The molecule has 6 heteroatoms. The SMILES string of the molecule is C[Si](C)(C)c1ccc(-c2[c-]cccc2)nc1.[2H]C(C)(C)c1ccnc(-c2[c-]ccc3c2sc2cc(-c4cc[c]([Ge]([CH3])([CH3])[CH3])cc4)ccc23)c1.[Ir]. The van der Waals surface area contributed by atoms with Crippen molar-refractivity contribution in [2.24, 2.45) is 0 Å². The van der Waals surface area contributed by atoms with E-state index in [1.165, 1.54) is 40.9 Å². The van der Waals surface area contributed by atoms with Crippen molar-refractivity contribution < 1.29 is 21.5 Å². The summed E-state index contributed by atoms with van der Waals surface area (Å²) in [6.07, 6.45) is 3.83. The van der Waals surface area contributed by atoms with Gasteiger partial charge in [-0.15, -0.1) is 35.9 Å². The third kappa shape index (κ3) is 8.58. The maximum atomic E-state index is 8.40. The van der Waals surface area contributed by atoms with Gasteiger partial charge in [-0.05, 0) is 22.8 Å². The van der Waals surface area contributed by atoms with Crippen molar-refractivity contribution in [3.63, 3.8) is 0 Å². The molecule has 49 heavy (non-hydrogen) atoms. The van der Waals surface area contributed by atoms with E-state index in [4.69, 9.17) is 1.37 Å². The summed E-state index contributed by atoms with van der Waals surface area (Å²) >= 11 is -0.000824. The third-order valence-electron chi connectivity index (χ3n) is 8.73. The standard InChI is InChI=1S/C29H28GeNS.C14H16NSi.Ir/c1-19(2)21-15-16-31-27(17-21)26-8-6-7-25-24-14-11-22(18-28(24)32-29(25)26)20-9-12-23(13-10-20)30(3,4)5;1-16(2,3)13-9-10-14(15-11-13)12-7-5-4-6-8-12;/h6-7,9-19H,1-5H3;4-7,9-11H,1-3H3;/q2*-1;/i19D;;. The zero-order valence-corrected chi connectivity index (χ0v) is 35.9. The van der Waals surface area contributed by atoms with Crippen LogP contribution in [0.2, 0.25) is 36.9 Å². The molecule has 1 radical (unpaired) electrons. The van der Waals surface area contributed by atoms with Gasteiger partial charge in [0.15, 0.2) is 0 Å². The third-order valence-corrected chi connectivity index (χ3v) is 16.3. The number of hydrogen-bond acceptors (Lipinski definition) is 3. The molecule has 0 bridgehead atoms. The minimum absolute atomic E-state index is 0. The molecule has 3 heterocycles. The molecule has 0 aliphatic carbocycles. The Labute approximate surface area is 315 Å². The molecule has 0 spiro atoms. The zero-order valence-electron chi connectivity index (χ0n) is 30.6. The second-order valence-electron chi connectivity index (χ2n) is 14.6. The number of benzene rings is 4. The van der Waals surface area contributed by atoms with Gasteiger partial charge in [0.2, 0.25) is 0 Å². The summed E-state index contributed by atoms with van der Waals surface area (Å²) in [6.45, 7) is 10.8. The maximum absolute atomic E-state index is 8.40. The van der Waals surface area contributed by atoms with Gasteiger partial charge in [0.25, 0.3) is 0 Å². The molecule has 2 nitrogen and oxygen atoms in total. The van der Waals surface area contributed by atoms with Gasteiger partial charge in [0.05, 0.1) is 8.07 Å². The molecule has 0 fully saturated rings. The van der Waals surface area contributed by atoms with E-state index >= 15 is 0 Å². The fourth-order valence-electron chi connectivity index (χ4n) is 5.70. The van der Waals surface area contributed by atoms with Crippen LogP contribution in [-0.4, -0.2) is 31.3 Å². The van der Waals surface area contributed by atoms with Crippen molar-refractivity contribution in [2.45, 2.75) is 56.7 Å². The van der Waals surface area contributed by atoms with Crippen LogP contribution in [0.25, 0.3) is 53.8 Å². The average molecular weight is 915 g/mol. The molecule has 0 N–H and O–H groups in total. The van der Waals surface area contributed by atoms with Gasteiger partial charge >= 0.3 is 161 Å². The predicted molar refractivity (Wildman–Crippen MR) is 215 cm³/mol. The van der Waals surface area contributed by atoms with Crippen molar-refractivity contribution in [1.29, 1.82) is 0 Å². The number of thiophene rings is 1. The first kappa shape index (κ1) is 35.6. The Morgan fingerprint density at radius 3 is 2.14 bits per heavy atom. The minimum Gasteiger partial charge on any atom is 0 e. The molecule has 0 aliphatic heterocycles. The summed E-state index contributed by atoms with van der Waals surface area (Å²) in [5, 5.41) is 3.91. The Bertz CT molecular complexity index is 2210. The van der Waals surface area contributed by atoms with Gasteiger partial charge in [0, 0.05) is 33.9 Å². The summed E-state index contributed by atoms with van der Waals surface area (Å²) in [5.41, 5.74) is 7.44. The summed E-state index contributed by atoms with van der Waals surface area (Å²) in [7, 11) is -1.23. The van der Waals surface area contributed by atoms with Crippen LogP contribution >= 0.6 is 11.3 Å². The Morgan fingerprint density at radius 2 is 1.51 bits per heavy atom. The molecule has 7 aromatic rings. The number of hydrogen-bond donors (Lipinski definition) is 0. The van der Waals surface area contributed by atoms with E-state index in [0.29, 0.717) is 0 Å². The molecule has 0 saturated heterocycles. The van der Waals surface area contributed by atoms with E-state index in [1.807, 2.05) is 68.7 Å². The molecule has 0 saturated carbocycles. The topological polar surface area (TPSA) is 25.8 Å². The number of pyridine rings is 2. The molecule has 251 valence electrons. The second-order valence-corrected chi connectivity index (χ2v) is 31.4. The van der Waals surface area contributed by atoms with Crippen LogP contribution in [0.1, 0.15) is 26.7 Å². The monoisotopic (exact) mass is 916 g/mol. The molecular weight excluding hydrogens is 869 g/mol. The molecule has 4 aromatic carbocycles. The second kappa shape index (κ2) is 15.4. The molecule has 0 aliphatic rings. The van der Waals surface area contributed by atoms with Crippen LogP contribution in [0, 0.1) is 12.1 Å². The van der Waals surface area contributed by atoms with Crippen LogP contribution in [0.15, 0.2) is 116 Å². The van der Waals surface area contributed by atoms with Crippen LogP contribution < -0.4 is 9.58 Å². The van der Waals surface area contributed by atoms with Crippen LogP contribution in [0.4, 0.5) is 0 Å². The number of nitrogens with zero attached hydrogens (tertiary/aromatic N) is 2. The Morgan fingerprint density at radius 1 is 0.755 bits per heavy atom. The van der Waals surface area contributed by atoms with E-state index in [-0.39, 0.29) is 20.1 Å². The van der Waals surface area contributed by atoms with E-state index in [9.17, 15) is 0 Å². The Kier molecular flexibility index (Phi) is 11.2.